The smallest absolute Gasteiger partial charge is 0.310 e. The van der Waals surface area contributed by atoms with E-state index in [4.69, 9.17) is 4.74 Å². The Morgan fingerprint density at radius 3 is 2.77 bits per heavy atom. The number of allylic oxidation sites excluding steroid dienone is 1. The van der Waals surface area contributed by atoms with Gasteiger partial charge in [0.2, 0.25) is 11.8 Å². The molecule has 2 amide bonds. The van der Waals surface area contributed by atoms with Crippen molar-refractivity contribution in [3.8, 4) is 0 Å². The maximum absolute atomic E-state index is 14.7. The van der Waals surface area contributed by atoms with E-state index in [0.29, 0.717) is 26.0 Å². The van der Waals surface area contributed by atoms with Crippen LogP contribution in [-0.2, 0) is 25.8 Å². The van der Waals surface area contributed by atoms with Crippen LogP contribution in [0.5, 0.6) is 0 Å². The van der Waals surface area contributed by atoms with Crippen LogP contribution in [0, 0.1) is 17.8 Å². The highest BCUT2D eigenvalue weighted by Crippen LogP contribution is 2.68. The number of carbonyl (C=O) groups is 3. The summed E-state index contributed by atoms with van der Waals surface area (Å²) in [5.41, 5.74) is 1.54. The quantitative estimate of drug-likeness (QED) is 0.174. The van der Waals surface area contributed by atoms with Gasteiger partial charge in [-0.25, -0.2) is 4.68 Å². The Morgan fingerprint density at radius 2 is 2.00 bits per heavy atom. The number of nitrogens with zero attached hydrogens (tertiary/aromatic N) is 5. The molecular formula is C32H43N5O5S. The summed E-state index contributed by atoms with van der Waals surface area (Å²) in [6.07, 6.45) is 8.81. The van der Waals surface area contributed by atoms with Crippen molar-refractivity contribution in [3.05, 3.63) is 49.6 Å². The van der Waals surface area contributed by atoms with Gasteiger partial charge in [0.25, 0.3) is 0 Å². The summed E-state index contributed by atoms with van der Waals surface area (Å²) in [6, 6.07) is 6.86. The Labute approximate surface area is 257 Å². The maximum atomic E-state index is 14.7. The fourth-order valence-electron chi connectivity index (χ4n) is 7.27. The van der Waals surface area contributed by atoms with Gasteiger partial charge in [0.1, 0.15) is 18.2 Å². The summed E-state index contributed by atoms with van der Waals surface area (Å²) in [5.74, 6) is -1.76. The molecule has 1 aromatic heterocycles. The minimum atomic E-state index is -0.732. The zero-order valence-electron chi connectivity index (χ0n) is 25.0. The van der Waals surface area contributed by atoms with Gasteiger partial charge < -0.3 is 19.6 Å². The molecule has 3 aliphatic rings. The lowest BCUT2D eigenvalue weighted by Gasteiger charge is -2.40. The second-order valence-electron chi connectivity index (χ2n) is 11.9. The lowest BCUT2D eigenvalue weighted by molar-refractivity contribution is -0.154. The molecule has 0 radical (unpaired) electrons. The number of thioether (sulfide) groups is 1. The number of aliphatic hydroxyl groups excluding tert-OH is 1. The second-order valence-corrected chi connectivity index (χ2v) is 13.4. The highest BCUT2D eigenvalue weighted by atomic mass is 32.2. The Balaban J connectivity index is 1.45. The van der Waals surface area contributed by atoms with Crippen LogP contribution in [0.3, 0.4) is 0 Å². The number of aromatic nitrogens is 3. The molecule has 3 unspecified atom stereocenters. The third-order valence-electron chi connectivity index (χ3n) is 9.24. The van der Waals surface area contributed by atoms with E-state index in [1.165, 1.54) is 0 Å². The summed E-state index contributed by atoms with van der Waals surface area (Å²) >= 11 is 1.65. The van der Waals surface area contributed by atoms with Crippen LogP contribution in [0.4, 0.5) is 0 Å². The molecule has 4 heterocycles. The molecule has 3 aliphatic heterocycles. The third kappa shape index (κ3) is 5.73. The first-order chi connectivity index (χ1) is 20.9. The van der Waals surface area contributed by atoms with Crippen molar-refractivity contribution in [1.82, 2.24) is 24.8 Å². The minimum absolute atomic E-state index is 0.0577. The topological polar surface area (TPSA) is 118 Å². The zero-order chi connectivity index (χ0) is 30.6. The van der Waals surface area contributed by atoms with Crippen molar-refractivity contribution in [2.45, 2.75) is 74.6 Å². The molecule has 43 heavy (non-hydrogen) atoms. The number of unbranched alkanes of at least 4 members (excludes halogenated alkanes) is 4. The number of carbonyl (C=O) groups excluding carboxylic acids is 3. The van der Waals surface area contributed by atoms with Gasteiger partial charge in [0.05, 0.1) is 28.7 Å². The van der Waals surface area contributed by atoms with Crippen LogP contribution in [0.25, 0.3) is 11.0 Å². The Morgan fingerprint density at radius 1 is 1.19 bits per heavy atom. The number of para-hydroxylation sites is 1. The number of aliphatic hydroxyl groups is 1. The van der Waals surface area contributed by atoms with Crippen molar-refractivity contribution in [3.63, 3.8) is 0 Å². The van der Waals surface area contributed by atoms with Crippen LogP contribution < -0.4 is 0 Å². The summed E-state index contributed by atoms with van der Waals surface area (Å²) in [7, 11) is 0. The summed E-state index contributed by atoms with van der Waals surface area (Å²) < 4.78 is 6.71. The lowest BCUT2D eigenvalue weighted by Crippen LogP contribution is -2.57. The molecule has 1 N–H and O–H groups in total. The molecule has 1 spiro atoms. The first-order valence-electron chi connectivity index (χ1n) is 15.4. The number of likely N-dealkylation sites (tertiary alicyclic amines) is 1. The van der Waals surface area contributed by atoms with Gasteiger partial charge in [-0.2, -0.15) is 0 Å². The Bertz CT molecular complexity index is 1350. The molecule has 11 heteroatoms. The Hall–Kier alpha value is -3.18. The molecule has 1 aromatic carbocycles. The molecule has 0 saturated carbocycles. The molecule has 2 bridgehead atoms. The molecular weight excluding hydrogens is 566 g/mol. The van der Waals surface area contributed by atoms with Gasteiger partial charge >= 0.3 is 5.97 Å². The average Bonchev–Trinajstić information content (AvgIpc) is 3.72. The summed E-state index contributed by atoms with van der Waals surface area (Å²) in [4.78, 5) is 46.0. The van der Waals surface area contributed by atoms with E-state index >= 15 is 0 Å². The van der Waals surface area contributed by atoms with Crippen molar-refractivity contribution in [2.24, 2.45) is 17.8 Å². The van der Waals surface area contributed by atoms with E-state index in [2.05, 4.69) is 30.4 Å². The molecule has 10 nitrogen and oxygen atoms in total. The number of fused-ring (bicyclic) bond motifs is 2. The SMILES string of the molecule is C=CCCCCOC(=O)[C@@H]1[C@H]2C(=O)N(CCCCCO)C(C(=O)N(CC=C)Cn3nnc4ccccc43)C23S[C@@H]1CC3C. The van der Waals surface area contributed by atoms with Crippen molar-refractivity contribution >= 4 is 40.6 Å². The van der Waals surface area contributed by atoms with Crippen LogP contribution in [0.2, 0.25) is 0 Å². The third-order valence-corrected chi connectivity index (χ3v) is 11.3. The van der Waals surface area contributed by atoms with Gasteiger partial charge in [-0.3, -0.25) is 14.4 Å². The predicted octanol–water partition coefficient (Wildman–Crippen LogP) is 3.80. The first-order valence-corrected chi connectivity index (χ1v) is 16.3. The van der Waals surface area contributed by atoms with E-state index in [9.17, 15) is 19.5 Å². The van der Waals surface area contributed by atoms with Gasteiger partial charge in [0.15, 0.2) is 0 Å². The monoisotopic (exact) mass is 609 g/mol. The molecule has 6 atom stereocenters. The van der Waals surface area contributed by atoms with E-state index < -0.39 is 22.6 Å². The minimum Gasteiger partial charge on any atom is -0.465 e. The van der Waals surface area contributed by atoms with Crippen LogP contribution in [0.15, 0.2) is 49.6 Å². The molecule has 3 fully saturated rings. The number of amides is 2. The number of hydrogen-bond acceptors (Lipinski definition) is 8. The van der Waals surface area contributed by atoms with Gasteiger partial charge in [-0.05, 0) is 63.0 Å². The number of benzene rings is 1. The van der Waals surface area contributed by atoms with E-state index in [1.54, 1.807) is 32.3 Å². The lowest BCUT2D eigenvalue weighted by atomic mass is 9.66. The maximum Gasteiger partial charge on any atom is 0.310 e. The van der Waals surface area contributed by atoms with Crippen molar-refractivity contribution in [1.29, 1.82) is 0 Å². The van der Waals surface area contributed by atoms with E-state index in [1.807, 2.05) is 30.3 Å². The number of rotatable bonds is 16. The molecule has 5 rings (SSSR count). The highest BCUT2D eigenvalue weighted by molar-refractivity contribution is 8.02. The number of esters is 1. The Kier molecular flexibility index (Phi) is 9.91. The van der Waals surface area contributed by atoms with Gasteiger partial charge in [-0.15, -0.1) is 30.0 Å². The van der Waals surface area contributed by atoms with Crippen LogP contribution >= 0.6 is 11.8 Å². The van der Waals surface area contributed by atoms with Crippen LogP contribution in [-0.4, -0.2) is 90.0 Å². The fraction of sp³-hybridized carbons (Fsp3) is 0.594. The molecule has 2 aromatic rings. The number of ether oxygens (including phenoxy) is 1. The molecule has 0 aliphatic carbocycles. The number of hydrogen-bond donors (Lipinski definition) is 1. The largest absolute Gasteiger partial charge is 0.465 e. The normalized spacial score (nSPS) is 27.4. The second kappa shape index (κ2) is 13.6. The van der Waals surface area contributed by atoms with E-state index in [0.717, 1.165) is 43.1 Å². The van der Waals surface area contributed by atoms with Gasteiger partial charge in [-0.1, -0.05) is 36.4 Å². The molecule has 3 saturated heterocycles. The van der Waals surface area contributed by atoms with Crippen molar-refractivity contribution in [2.75, 3.05) is 26.3 Å². The zero-order valence-corrected chi connectivity index (χ0v) is 25.8. The van der Waals surface area contributed by atoms with Crippen molar-refractivity contribution < 1.29 is 24.2 Å². The first kappa shape index (κ1) is 31.3. The standard InChI is InChI=1S/C32H43N5O5S/c1-4-6-7-13-19-42-31(41)26-25-20-22(3)32(43-25)27(26)29(39)36(17-11-8-12-18-38)28(32)30(40)35(16-5-2)21-37-24-15-10-9-14-23(24)33-34-37/h4-5,9-10,14-15,22,25-28,38H,1-2,6-8,11-13,16-21H2,3H3/t22?,25-,26+,27+,28?,32?/m1/s1. The summed E-state index contributed by atoms with van der Waals surface area (Å²) in [6.45, 7) is 11.0. The molecule has 232 valence electrons. The summed E-state index contributed by atoms with van der Waals surface area (Å²) in [5, 5.41) is 17.8. The van der Waals surface area contributed by atoms with Crippen LogP contribution in [0.1, 0.15) is 51.9 Å². The predicted molar refractivity (Wildman–Crippen MR) is 166 cm³/mol. The fourth-order valence-corrected chi connectivity index (χ4v) is 9.67. The van der Waals surface area contributed by atoms with E-state index in [-0.39, 0.29) is 48.8 Å². The highest BCUT2D eigenvalue weighted by Gasteiger charge is 2.76. The van der Waals surface area contributed by atoms with Gasteiger partial charge in [0, 0.05) is 24.9 Å². The average molecular weight is 610 g/mol.